The van der Waals surface area contributed by atoms with Gasteiger partial charge in [0.15, 0.2) is 11.5 Å². The molecule has 0 N–H and O–H groups in total. The Labute approximate surface area is 204 Å². The lowest BCUT2D eigenvalue weighted by atomic mass is 10.1. The molecule has 3 aromatic rings. The van der Waals surface area contributed by atoms with E-state index in [-0.39, 0.29) is 0 Å². The van der Waals surface area contributed by atoms with E-state index in [9.17, 15) is 8.42 Å². The van der Waals surface area contributed by atoms with Gasteiger partial charge in [0.2, 0.25) is 10.0 Å². The summed E-state index contributed by atoms with van der Waals surface area (Å²) in [6.07, 6.45) is 6.76. The molecule has 5 rings (SSSR count). The lowest BCUT2D eigenvalue weighted by molar-refractivity contribution is 0.122. The van der Waals surface area contributed by atoms with E-state index >= 15 is 0 Å². The van der Waals surface area contributed by atoms with Crippen molar-refractivity contribution >= 4 is 33.1 Å². The van der Waals surface area contributed by atoms with Crippen molar-refractivity contribution in [2.45, 2.75) is 13.5 Å². The van der Waals surface area contributed by atoms with Crippen LogP contribution in [0.4, 0.5) is 5.82 Å². The van der Waals surface area contributed by atoms with Crippen LogP contribution in [0.15, 0.2) is 24.7 Å². The second-order valence-corrected chi connectivity index (χ2v) is 11.1. The second kappa shape index (κ2) is 9.38. The number of piperazine rings is 1. The van der Waals surface area contributed by atoms with E-state index in [1.54, 1.807) is 12.4 Å². The van der Waals surface area contributed by atoms with Crippen molar-refractivity contribution in [3.63, 3.8) is 0 Å². The number of sulfonamides is 1. The highest BCUT2D eigenvalue weighted by Crippen LogP contribution is 2.33. The Balaban J connectivity index is 1.51. The van der Waals surface area contributed by atoms with Crippen molar-refractivity contribution in [1.82, 2.24) is 28.6 Å². The quantitative estimate of drug-likeness (QED) is 0.516. The van der Waals surface area contributed by atoms with Gasteiger partial charge in [-0.25, -0.2) is 18.4 Å². The summed E-state index contributed by atoms with van der Waals surface area (Å²) in [7, 11) is -3.16. The fourth-order valence-corrected chi connectivity index (χ4v) is 5.55. The average Bonchev–Trinajstić information content (AvgIpc) is 3.24. The van der Waals surface area contributed by atoms with Crippen LogP contribution in [0.1, 0.15) is 11.3 Å². The molecule has 2 aliphatic rings. The molecule has 3 aromatic heterocycles. The van der Waals surface area contributed by atoms with Gasteiger partial charge < -0.3 is 9.64 Å². The van der Waals surface area contributed by atoms with Crippen LogP contribution < -0.4 is 4.90 Å². The number of aromatic nitrogens is 4. The number of rotatable bonds is 5. The number of morpholine rings is 1. The summed E-state index contributed by atoms with van der Waals surface area (Å²) in [4.78, 5) is 18.6. The number of halogens is 1. The fraction of sp³-hybridized carbons (Fsp3) is 0.500. The van der Waals surface area contributed by atoms with Gasteiger partial charge in [-0.1, -0.05) is 11.6 Å². The van der Waals surface area contributed by atoms with Crippen LogP contribution in [0.5, 0.6) is 0 Å². The van der Waals surface area contributed by atoms with Crippen molar-refractivity contribution in [3.8, 4) is 11.3 Å². The van der Waals surface area contributed by atoms with Gasteiger partial charge in [-0.05, 0) is 18.6 Å². The van der Waals surface area contributed by atoms with Crippen LogP contribution in [0.25, 0.3) is 16.9 Å². The zero-order chi connectivity index (χ0) is 23.9. The number of ether oxygens (including phenoxy) is 1. The number of pyridine rings is 1. The second-order valence-electron chi connectivity index (χ2n) is 8.73. The zero-order valence-corrected chi connectivity index (χ0v) is 20.9. The number of fused-ring (bicyclic) bond motifs is 1. The summed E-state index contributed by atoms with van der Waals surface area (Å²) < 4.78 is 32.6. The maximum absolute atomic E-state index is 11.8. The minimum Gasteiger partial charge on any atom is -0.378 e. The maximum Gasteiger partial charge on any atom is 0.211 e. The average molecular weight is 506 g/mol. The molecule has 0 amide bonds. The predicted molar refractivity (Wildman–Crippen MR) is 131 cm³/mol. The van der Waals surface area contributed by atoms with Crippen molar-refractivity contribution in [2.75, 3.05) is 63.6 Å². The molecule has 0 aliphatic carbocycles. The first-order valence-corrected chi connectivity index (χ1v) is 13.5. The fourth-order valence-electron chi connectivity index (χ4n) is 4.45. The van der Waals surface area contributed by atoms with E-state index in [4.69, 9.17) is 26.3 Å². The van der Waals surface area contributed by atoms with E-state index in [0.29, 0.717) is 62.4 Å². The highest BCUT2D eigenvalue weighted by molar-refractivity contribution is 7.88. The molecule has 12 heteroatoms. The Hall–Kier alpha value is -2.31. The Kier molecular flexibility index (Phi) is 6.47. The molecule has 0 unspecified atom stereocenters. The van der Waals surface area contributed by atoms with Crippen LogP contribution in [-0.4, -0.2) is 95.7 Å². The van der Waals surface area contributed by atoms with Crippen LogP contribution in [0.3, 0.4) is 0 Å². The lowest BCUT2D eigenvalue weighted by Crippen LogP contribution is -2.47. The van der Waals surface area contributed by atoms with Gasteiger partial charge in [0, 0.05) is 70.0 Å². The summed E-state index contributed by atoms with van der Waals surface area (Å²) in [5, 5.41) is 0.490. The van der Waals surface area contributed by atoms with Gasteiger partial charge in [-0.15, -0.1) is 0 Å². The molecule has 0 saturated carbocycles. The highest BCUT2D eigenvalue weighted by Gasteiger charge is 2.26. The molecule has 2 saturated heterocycles. The van der Waals surface area contributed by atoms with E-state index in [0.717, 1.165) is 35.7 Å². The topological polar surface area (TPSA) is 96.2 Å². The van der Waals surface area contributed by atoms with E-state index in [1.807, 2.05) is 23.6 Å². The van der Waals surface area contributed by atoms with Gasteiger partial charge >= 0.3 is 0 Å². The van der Waals surface area contributed by atoms with Gasteiger partial charge in [0.25, 0.3) is 0 Å². The number of nitrogens with zero attached hydrogens (tertiary/aromatic N) is 7. The summed E-state index contributed by atoms with van der Waals surface area (Å²) >= 11 is 6.89. The first kappa shape index (κ1) is 23.4. The van der Waals surface area contributed by atoms with E-state index < -0.39 is 10.0 Å². The highest BCUT2D eigenvalue weighted by atomic mass is 35.5. The standard InChI is InChI=1S/C22H28ClN7O3S/c1-16-3-4-24-13-18(16)19-20(23)30-15-17(14-27-5-7-29(8-6-27)34(2,31)32)25-22(30)21(26-19)28-9-11-33-12-10-28/h3-4,13,15H,5-12,14H2,1-2H3. The monoisotopic (exact) mass is 505 g/mol. The minimum absolute atomic E-state index is 0.484. The van der Waals surface area contributed by atoms with Crippen LogP contribution in [0.2, 0.25) is 5.15 Å². The summed E-state index contributed by atoms with van der Waals surface area (Å²) in [5.74, 6) is 0.777. The molecule has 0 bridgehead atoms. The van der Waals surface area contributed by atoms with Crippen molar-refractivity contribution in [1.29, 1.82) is 0 Å². The van der Waals surface area contributed by atoms with Crippen molar-refractivity contribution < 1.29 is 13.2 Å². The van der Waals surface area contributed by atoms with Gasteiger partial charge in [0.1, 0.15) is 10.8 Å². The third kappa shape index (κ3) is 4.63. The van der Waals surface area contributed by atoms with Gasteiger partial charge in [0.05, 0.1) is 25.2 Å². The summed E-state index contributed by atoms with van der Waals surface area (Å²) in [6, 6.07) is 1.95. The molecule has 10 nitrogen and oxygen atoms in total. The Morgan fingerprint density at radius 1 is 1.09 bits per heavy atom. The molecule has 0 radical (unpaired) electrons. The third-order valence-electron chi connectivity index (χ3n) is 6.37. The number of hydrogen-bond acceptors (Lipinski definition) is 8. The molecule has 0 aromatic carbocycles. The van der Waals surface area contributed by atoms with Crippen molar-refractivity contribution in [2.24, 2.45) is 0 Å². The molecule has 0 spiro atoms. The molecule has 0 atom stereocenters. The smallest absolute Gasteiger partial charge is 0.211 e. The number of imidazole rings is 1. The molecule has 34 heavy (non-hydrogen) atoms. The minimum atomic E-state index is -3.16. The van der Waals surface area contributed by atoms with Crippen LogP contribution in [0, 0.1) is 6.92 Å². The van der Waals surface area contributed by atoms with E-state index in [1.165, 1.54) is 10.6 Å². The predicted octanol–water partition coefficient (Wildman–Crippen LogP) is 1.67. The largest absolute Gasteiger partial charge is 0.378 e. The van der Waals surface area contributed by atoms with Crippen LogP contribution >= 0.6 is 11.6 Å². The summed E-state index contributed by atoms with van der Waals surface area (Å²) in [6.45, 7) is 7.63. The van der Waals surface area contributed by atoms with Gasteiger partial charge in [-0.3, -0.25) is 14.3 Å². The first-order chi connectivity index (χ1) is 16.3. The molecule has 2 aliphatic heterocycles. The zero-order valence-electron chi connectivity index (χ0n) is 19.3. The molecular weight excluding hydrogens is 478 g/mol. The number of aryl methyl sites for hydroxylation is 1. The Bertz CT molecular complexity index is 1300. The number of anilines is 1. The maximum atomic E-state index is 11.8. The summed E-state index contributed by atoms with van der Waals surface area (Å²) in [5.41, 5.74) is 4.18. The lowest BCUT2D eigenvalue weighted by Gasteiger charge is -2.32. The SMILES string of the molecule is Cc1ccncc1-c1nc(N2CCOCC2)c2nc(CN3CCN(S(C)(=O)=O)CC3)cn2c1Cl. The molecular formula is C22H28ClN7O3S. The first-order valence-electron chi connectivity index (χ1n) is 11.3. The molecule has 2 fully saturated rings. The molecule has 5 heterocycles. The Morgan fingerprint density at radius 2 is 1.82 bits per heavy atom. The Morgan fingerprint density at radius 3 is 2.50 bits per heavy atom. The number of hydrogen-bond donors (Lipinski definition) is 0. The van der Waals surface area contributed by atoms with Crippen LogP contribution in [-0.2, 0) is 21.3 Å². The van der Waals surface area contributed by atoms with E-state index in [2.05, 4.69) is 14.8 Å². The van der Waals surface area contributed by atoms with Crippen molar-refractivity contribution in [3.05, 3.63) is 41.1 Å². The van der Waals surface area contributed by atoms with Gasteiger partial charge in [-0.2, -0.15) is 4.31 Å². The third-order valence-corrected chi connectivity index (χ3v) is 8.04. The molecule has 182 valence electrons. The normalized spacial score (nSPS) is 18.6.